The summed E-state index contributed by atoms with van der Waals surface area (Å²) in [5.74, 6) is -0.0418. The van der Waals surface area contributed by atoms with E-state index in [-0.39, 0.29) is 17.4 Å². The van der Waals surface area contributed by atoms with E-state index >= 15 is 0 Å². The van der Waals surface area contributed by atoms with E-state index in [9.17, 15) is 4.79 Å². The van der Waals surface area contributed by atoms with Crippen LogP contribution in [0.4, 0.5) is 6.01 Å². The van der Waals surface area contributed by atoms with Gasteiger partial charge in [0.2, 0.25) is 5.82 Å². The Morgan fingerprint density at radius 2 is 2.05 bits per heavy atom. The maximum atomic E-state index is 11.8. The summed E-state index contributed by atoms with van der Waals surface area (Å²) >= 11 is 0. The maximum absolute atomic E-state index is 11.8. The van der Waals surface area contributed by atoms with Gasteiger partial charge in [0, 0.05) is 19.6 Å². The van der Waals surface area contributed by atoms with Gasteiger partial charge >= 0.3 is 6.01 Å². The molecule has 0 unspecified atom stereocenters. The Hall–Kier alpha value is -2.38. The van der Waals surface area contributed by atoms with E-state index in [1.807, 2.05) is 25.7 Å². The molecule has 8 heteroatoms. The Kier molecular flexibility index (Phi) is 4.34. The molecule has 0 spiro atoms. The zero-order chi connectivity index (χ0) is 14.5. The monoisotopic (exact) mass is 279 g/mol. The van der Waals surface area contributed by atoms with Gasteiger partial charge in [-0.15, -0.1) is 0 Å². The normalized spacial score (nSPS) is 10.6. The summed E-state index contributed by atoms with van der Waals surface area (Å²) in [4.78, 5) is 18.0. The Labute approximate surface area is 116 Å². The van der Waals surface area contributed by atoms with Gasteiger partial charge in [0.25, 0.3) is 5.91 Å². The number of nitrogens with one attached hydrogen (secondary N) is 1. The molecule has 1 N–H and O–H groups in total. The lowest BCUT2D eigenvalue weighted by Crippen LogP contribution is -2.23. The molecule has 2 rings (SSSR count). The van der Waals surface area contributed by atoms with E-state index in [0.717, 1.165) is 13.1 Å². The summed E-state index contributed by atoms with van der Waals surface area (Å²) in [5.41, 5.74) is 0.567. The fourth-order valence-corrected chi connectivity index (χ4v) is 1.75. The lowest BCUT2D eigenvalue weighted by Gasteiger charge is -2.13. The van der Waals surface area contributed by atoms with Crippen LogP contribution in [0.15, 0.2) is 15.3 Å². The Morgan fingerprint density at radius 3 is 2.70 bits per heavy atom. The van der Waals surface area contributed by atoms with Crippen molar-refractivity contribution in [3.8, 4) is 11.4 Å². The molecule has 0 aromatic carbocycles. The fourth-order valence-electron chi connectivity index (χ4n) is 1.75. The quantitative estimate of drug-likeness (QED) is 0.851. The largest absolute Gasteiger partial charge is 0.363 e. The number of hydrogen-bond donors (Lipinski definition) is 1. The Bertz CT molecular complexity index is 573. The standard InChI is InChI=1S/C12H17N5O3/c1-4-13-11(18)9-8(7-19-15-9)10-14-12(20-16-10)17(5-2)6-3/h7H,4-6H2,1-3H3,(H,13,18). The van der Waals surface area contributed by atoms with Gasteiger partial charge in [-0.3, -0.25) is 4.79 Å². The number of carbonyl (C=O) groups is 1. The van der Waals surface area contributed by atoms with Gasteiger partial charge in [-0.1, -0.05) is 10.3 Å². The van der Waals surface area contributed by atoms with Gasteiger partial charge in [-0.2, -0.15) is 4.98 Å². The van der Waals surface area contributed by atoms with Gasteiger partial charge in [0.1, 0.15) is 6.26 Å². The lowest BCUT2D eigenvalue weighted by molar-refractivity contribution is 0.0947. The molecule has 0 aliphatic heterocycles. The molecule has 0 fully saturated rings. The second kappa shape index (κ2) is 6.18. The lowest BCUT2D eigenvalue weighted by atomic mass is 10.2. The highest BCUT2D eigenvalue weighted by Crippen LogP contribution is 2.22. The molecule has 1 amide bonds. The summed E-state index contributed by atoms with van der Waals surface area (Å²) in [6.07, 6.45) is 1.33. The van der Waals surface area contributed by atoms with Gasteiger partial charge in [-0.25, -0.2) is 0 Å². The van der Waals surface area contributed by atoms with Crippen molar-refractivity contribution >= 4 is 11.9 Å². The topological polar surface area (TPSA) is 97.3 Å². The van der Waals surface area contributed by atoms with Crippen molar-refractivity contribution in [2.45, 2.75) is 20.8 Å². The second-order valence-corrected chi connectivity index (χ2v) is 4.01. The smallest absolute Gasteiger partial charge is 0.324 e. The van der Waals surface area contributed by atoms with Crippen molar-refractivity contribution in [2.75, 3.05) is 24.5 Å². The Morgan fingerprint density at radius 1 is 1.30 bits per heavy atom. The van der Waals surface area contributed by atoms with Crippen molar-refractivity contribution in [1.82, 2.24) is 20.6 Å². The van der Waals surface area contributed by atoms with Crippen molar-refractivity contribution in [1.29, 1.82) is 0 Å². The highest BCUT2D eigenvalue weighted by atomic mass is 16.5. The van der Waals surface area contributed by atoms with Crippen LogP contribution in [0.3, 0.4) is 0 Å². The third kappa shape index (κ3) is 2.63. The first-order valence-electron chi connectivity index (χ1n) is 6.52. The first-order chi connectivity index (χ1) is 9.71. The summed E-state index contributed by atoms with van der Waals surface area (Å²) in [6, 6.07) is 0.410. The number of carbonyl (C=O) groups excluding carboxylic acids is 1. The molecular weight excluding hydrogens is 262 g/mol. The number of aromatic nitrogens is 3. The fraction of sp³-hybridized carbons (Fsp3) is 0.500. The molecule has 0 aliphatic rings. The van der Waals surface area contributed by atoms with Crippen LogP contribution >= 0.6 is 0 Å². The minimum absolute atomic E-state index is 0.152. The van der Waals surface area contributed by atoms with Gasteiger partial charge in [0.05, 0.1) is 5.56 Å². The number of amides is 1. The number of hydrogen-bond acceptors (Lipinski definition) is 7. The van der Waals surface area contributed by atoms with Crippen LogP contribution < -0.4 is 10.2 Å². The van der Waals surface area contributed by atoms with E-state index in [2.05, 4.69) is 20.6 Å². The van der Waals surface area contributed by atoms with Gasteiger partial charge in [0.15, 0.2) is 5.69 Å². The van der Waals surface area contributed by atoms with E-state index in [1.54, 1.807) is 0 Å². The third-order valence-electron chi connectivity index (χ3n) is 2.81. The zero-order valence-corrected chi connectivity index (χ0v) is 11.7. The van der Waals surface area contributed by atoms with Crippen molar-refractivity contribution in [2.24, 2.45) is 0 Å². The molecule has 0 saturated carbocycles. The average Bonchev–Trinajstić information content (AvgIpc) is 3.08. The van der Waals surface area contributed by atoms with E-state index in [0.29, 0.717) is 18.1 Å². The van der Waals surface area contributed by atoms with Crippen LogP contribution in [0.1, 0.15) is 31.3 Å². The zero-order valence-electron chi connectivity index (χ0n) is 11.7. The molecule has 0 atom stereocenters. The molecule has 0 radical (unpaired) electrons. The van der Waals surface area contributed by atoms with Crippen molar-refractivity contribution in [3.05, 3.63) is 12.0 Å². The highest BCUT2D eigenvalue weighted by molar-refractivity contribution is 5.97. The number of rotatable bonds is 6. The van der Waals surface area contributed by atoms with E-state index < -0.39 is 0 Å². The molecule has 0 bridgehead atoms. The molecule has 108 valence electrons. The molecule has 2 heterocycles. The molecular formula is C12H17N5O3. The van der Waals surface area contributed by atoms with E-state index in [4.69, 9.17) is 9.05 Å². The summed E-state index contributed by atoms with van der Waals surface area (Å²) in [7, 11) is 0. The van der Waals surface area contributed by atoms with E-state index in [1.165, 1.54) is 6.26 Å². The second-order valence-electron chi connectivity index (χ2n) is 4.01. The predicted octanol–water partition coefficient (Wildman–Crippen LogP) is 1.32. The molecule has 8 nitrogen and oxygen atoms in total. The van der Waals surface area contributed by atoms with Crippen LogP contribution in [-0.4, -0.2) is 40.8 Å². The highest BCUT2D eigenvalue weighted by Gasteiger charge is 2.22. The maximum Gasteiger partial charge on any atom is 0.324 e. The third-order valence-corrected chi connectivity index (χ3v) is 2.81. The first kappa shape index (κ1) is 14.0. The minimum Gasteiger partial charge on any atom is -0.363 e. The van der Waals surface area contributed by atoms with Crippen LogP contribution in [0, 0.1) is 0 Å². The Balaban J connectivity index is 2.29. The minimum atomic E-state index is -0.328. The van der Waals surface area contributed by atoms with Crippen molar-refractivity contribution in [3.63, 3.8) is 0 Å². The predicted molar refractivity (Wildman–Crippen MR) is 71.4 cm³/mol. The van der Waals surface area contributed by atoms with Crippen LogP contribution in [-0.2, 0) is 0 Å². The first-order valence-corrected chi connectivity index (χ1v) is 6.52. The molecule has 2 aromatic heterocycles. The summed E-state index contributed by atoms with van der Waals surface area (Å²) < 4.78 is 10.0. The molecule has 0 aliphatic carbocycles. The molecule has 20 heavy (non-hydrogen) atoms. The van der Waals surface area contributed by atoms with Crippen molar-refractivity contribution < 1.29 is 13.8 Å². The molecule has 0 saturated heterocycles. The summed E-state index contributed by atoms with van der Waals surface area (Å²) in [6.45, 7) is 7.82. The van der Waals surface area contributed by atoms with Gasteiger partial charge < -0.3 is 19.3 Å². The average molecular weight is 279 g/mol. The number of anilines is 1. The SMILES string of the molecule is CCNC(=O)c1nocc1-c1noc(N(CC)CC)n1. The molecule has 2 aromatic rings. The van der Waals surface area contributed by atoms with Crippen LogP contribution in [0.5, 0.6) is 0 Å². The van der Waals surface area contributed by atoms with Gasteiger partial charge in [-0.05, 0) is 20.8 Å². The number of nitrogens with zero attached hydrogens (tertiary/aromatic N) is 4. The summed E-state index contributed by atoms with van der Waals surface area (Å²) in [5, 5.41) is 10.2. The van der Waals surface area contributed by atoms with Crippen LogP contribution in [0.25, 0.3) is 11.4 Å². The van der Waals surface area contributed by atoms with Crippen LogP contribution in [0.2, 0.25) is 0 Å².